The molecule has 8 heteroatoms. The molecule has 0 aliphatic rings. The first-order chi connectivity index (χ1) is 9.00. The maximum atomic E-state index is 11.6. The number of amides is 2. The van der Waals surface area contributed by atoms with Crippen molar-refractivity contribution in [3.8, 4) is 0 Å². The molecule has 0 atom stereocenters. The Morgan fingerprint density at radius 1 is 1.32 bits per heavy atom. The number of carboxylic acids is 1. The van der Waals surface area contributed by atoms with E-state index in [0.717, 1.165) is 0 Å². The fraction of sp³-hybridized carbons (Fsp3) is 0.273. The van der Waals surface area contributed by atoms with Crippen molar-refractivity contribution in [1.82, 2.24) is 10.3 Å². The Hall–Kier alpha value is -2.48. The number of carbonyl (C=O) groups excluding carboxylic acids is 2. The van der Waals surface area contributed by atoms with Gasteiger partial charge in [0.05, 0.1) is 6.61 Å². The minimum Gasteiger partial charge on any atom is -0.477 e. The number of aromatic carboxylic acids is 1. The number of nitrogens with one attached hydrogen (secondary N) is 1. The van der Waals surface area contributed by atoms with Crippen LogP contribution in [0.4, 0.5) is 0 Å². The molecule has 4 N–H and O–H groups in total. The van der Waals surface area contributed by atoms with Gasteiger partial charge in [-0.2, -0.15) is 0 Å². The molecule has 0 radical (unpaired) electrons. The summed E-state index contributed by atoms with van der Waals surface area (Å²) >= 11 is 0. The van der Waals surface area contributed by atoms with E-state index in [0.29, 0.717) is 0 Å². The molecule has 8 nitrogen and oxygen atoms in total. The zero-order chi connectivity index (χ0) is 14.3. The zero-order valence-electron chi connectivity index (χ0n) is 9.96. The fourth-order valence-corrected chi connectivity index (χ4v) is 1.18. The Kier molecular flexibility index (Phi) is 5.42. The van der Waals surface area contributed by atoms with E-state index in [4.69, 9.17) is 15.6 Å². The summed E-state index contributed by atoms with van der Waals surface area (Å²) in [6.45, 7) is 0.0566. The first kappa shape index (κ1) is 14.6. The maximum Gasteiger partial charge on any atom is 0.354 e. The highest BCUT2D eigenvalue weighted by molar-refractivity contribution is 5.94. The second-order valence-corrected chi connectivity index (χ2v) is 3.49. The molecule has 0 bridgehead atoms. The lowest BCUT2D eigenvalue weighted by molar-refractivity contribution is -0.122. The number of carbonyl (C=O) groups is 3. The van der Waals surface area contributed by atoms with Gasteiger partial charge in [-0.15, -0.1) is 0 Å². The highest BCUT2D eigenvalue weighted by Crippen LogP contribution is 1.99. The lowest BCUT2D eigenvalue weighted by Crippen LogP contribution is -2.29. The van der Waals surface area contributed by atoms with Crippen LogP contribution >= 0.6 is 0 Å². The van der Waals surface area contributed by atoms with Crippen LogP contribution in [0, 0.1) is 0 Å². The molecular formula is C11H13N3O5. The van der Waals surface area contributed by atoms with Crippen molar-refractivity contribution in [2.75, 3.05) is 19.8 Å². The molecule has 1 aromatic rings. The molecule has 2 amide bonds. The molecule has 1 heterocycles. The third kappa shape index (κ3) is 5.13. The number of nitrogens with two attached hydrogens (primary N) is 1. The van der Waals surface area contributed by atoms with Gasteiger partial charge >= 0.3 is 5.97 Å². The normalized spacial score (nSPS) is 9.89. The monoisotopic (exact) mass is 267 g/mol. The van der Waals surface area contributed by atoms with Crippen LogP contribution in [0.25, 0.3) is 0 Å². The Bertz CT molecular complexity index is 489. The summed E-state index contributed by atoms with van der Waals surface area (Å²) in [4.78, 5) is 36.3. The molecule has 0 spiro atoms. The van der Waals surface area contributed by atoms with E-state index in [1.165, 1.54) is 18.2 Å². The first-order valence-electron chi connectivity index (χ1n) is 5.35. The highest BCUT2D eigenvalue weighted by Gasteiger charge is 2.10. The summed E-state index contributed by atoms with van der Waals surface area (Å²) in [6.07, 6.45) is 0. The minimum atomic E-state index is -1.21. The number of rotatable bonds is 7. The van der Waals surface area contributed by atoms with Gasteiger partial charge in [0.15, 0.2) is 0 Å². The van der Waals surface area contributed by atoms with Gasteiger partial charge in [0.25, 0.3) is 5.91 Å². The summed E-state index contributed by atoms with van der Waals surface area (Å²) in [6, 6.07) is 4.11. The predicted octanol–water partition coefficient (Wildman–Crippen LogP) is -0.988. The summed E-state index contributed by atoms with van der Waals surface area (Å²) in [7, 11) is 0. The van der Waals surface area contributed by atoms with Crippen LogP contribution in [0.1, 0.15) is 21.0 Å². The van der Waals surface area contributed by atoms with Crippen LogP contribution < -0.4 is 11.1 Å². The van der Waals surface area contributed by atoms with Crippen molar-refractivity contribution in [1.29, 1.82) is 0 Å². The van der Waals surface area contributed by atoms with Crippen molar-refractivity contribution in [2.45, 2.75) is 0 Å². The number of aromatic nitrogens is 1. The maximum absolute atomic E-state index is 11.6. The van der Waals surface area contributed by atoms with Crippen molar-refractivity contribution in [2.24, 2.45) is 5.73 Å². The van der Waals surface area contributed by atoms with E-state index in [9.17, 15) is 14.4 Å². The Morgan fingerprint density at radius 2 is 2.00 bits per heavy atom. The summed E-state index contributed by atoms with van der Waals surface area (Å²) in [5, 5.41) is 11.2. The van der Waals surface area contributed by atoms with Gasteiger partial charge in [-0.1, -0.05) is 6.07 Å². The van der Waals surface area contributed by atoms with Crippen LogP contribution in [-0.4, -0.2) is 47.6 Å². The molecule has 0 fully saturated rings. The summed E-state index contributed by atoms with van der Waals surface area (Å²) in [5.74, 6) is -2.33. The Labute approximate surface area is 108 Å². The predicted molar refractivity (Wildman–Crippen MR) is 63.5 cm³/mol. The quantitative estimate of drug-likeness (QED) is 0.543. The van der Waals surface area contributed by atoms with E-state index in [1.54, 1.807) is 0 Å². The number of carboxylic acid groups (broad SMARTS) is 1. The Balaban J connectivity index is 2.43. The first-order valence-corrected chi connectivity index (χ1v) is 5.35. The molecule has 102 valence electrons. The van der Waals surface area contributed by atoms with Crippen molar-refractivity contribution in [3.63, 3.8) is 0 Å². The van der Waals surface area contributed by atoms with Gasteiger partial charge in [0.1, 0.15) is 18.0 Å². The van der Waals surface area contributed by atoms with Gasteiger partial charge in [-0.05, 0) is 12.1 Å². The number of nitrogens with zero attached hydrogens (tertiary/aromatic N) is 1. The third-order valence-corrected chi connectivity index (χ3v) is 1.98. The standard InChI is InChI=1S/C11H13N3O5/c12-9(15)6-19-5-4-13-10(16)7-2-1-3-8(14-7)11(17)18/h1-3H,4-6H2,(H2,12,15)(H,13,16)(H,17,18). The molecule has 19 heavy (non-hydrogen) atoms. The van der Waals surface area contributed by atoms with Crippen LogP contribution in [0.2, 0.25) is 0 Å². The van der Waals surface area contributed by atoms with Gasteiger partial charge in [-0.25, -0.2) is 9.78 Å². The largest absolute Gasteiger partial charge is 0.477 e. The number of ether oxygens (including phenoxy) is 1. The van der Waals surface area contributed by atoms with E-state index < -0.39 is 17.8 Å². The second-order valence-electron chi connectivity index (χ2n) is 3.49. The average molecular weight is 267 g/mol. The van der Waals surface area contributed by atoms with E-state index in [1.807, 2.05) is 0 Å². The lowest BCUT2D eigenvalue weighted by Gasteiger charge is -2.05. The van der Waals surface area contributed by atoms with Crippen molar-refractivity contribution >= 4 is 17.8 Å². The van der Waals surface area contributed by atoms with Crippen LogP contribution in [0.15, 0.2) is 18.2 Å². The van der Waals surface area contributed by atoms with Gasteiger partial charge < -0.3 is 20.9 Å². The minimum absolute atomic E-state index is 0.00481. The van der Waals surface area contributed by atoms with Gasteiger partial charge in [0, 0.05) is 6.54 Å². The molecule has 0 aliphatic heterocycles. The molecule has 0 saturated carbocycles. The SMILES string of the molecule is NC(=O)COCCNC(=O)c1cccc(C(=O)O)n1. The molecule has 0 aromatic carbocycles. The van der Waals surface area contributed by atoms with E-state index in [-0.39, 0.29) is 31.1 Å². The smallest absolute Gasteiger partial charge is 0.354 e. The van der Waals surface area contributed by atoms with Crippen LogP contribution in [0.3, 0.4) is 0 Å². The average Bonchev–Trinajstić information content (AvgIpc) is 2.37. The third-order valence-electron chi connectivity index (χ3n) is 1.98. The summed E-state index contributed by atoms with van der Waals surface area (Å²) < 4.78 is 4.84. The molecule has 1 rings (SSSR count). The van der Waals surface area contributed by atoms with Gasteiger partial charge in [-0.3, -0.25) is 9.59 Å². The van der Waals surface area contributed by atoms with E-state index >= 15 is 0 Å². The summed E-state index contributed by atoms with van der Waals surface area (Å²) in [5.41, 5.74) is 4.64. The number of hydrogen-bond acceptors (Lipinski definition) is 5. The lowest BCUT2D eigenvalue weighted by atomic mass is 10.3. The second kappa shape index (κ2) is 7.07. The zero-order valence-corrected chi connectivity index (χ0v) is 9.96. The van der Waals surface area contributed by atoms with Crippen LogP contribution in [-0.2, 0) is 9.53 Å². The molecule has 0 unspecified atom stereocenters. The van der Waals surface area contributed by atoms with Gasteiger partial charge in [0.2, 0.25) is 5.91 Å². The number of primary amides is 1. The molecule has 0 saturated heterocycles. The van der Waals surface area contributed by atoms with Crippen LogP contribution in [0.5, 0.6) is 0 Å². The topological polar surface area (TPSA) is 132 Å². The number of pyridine rings is 1. The molecule has 0 aliphatic carbocycles. The van der Waals surface area contributed by atoms with E-state index in [2.05, 4.69) is 10.3 Å². The van der Waals surface area contributed by atoms with Crippen molar-refractivity contribution < 1.29 is 24.2 Å². The molecule has 1 aromatic heterocycles. The number of hydrogen-bond donors (Lipinski definition) is 3. The highest BCUT2D eigenvalue weighted by atomic mass is 16.5. The fourth-order valence-electron chi connectivity index (χ4n) is 1.18. The Morgan fingerprint density at radius 3 is 2.63 bits per heavy atom. The van der Waals surface area contributed by atoms with Crippen molar-refractivity contribution in [3.05, 3.63) is 29.6 Å². The molecular weight excluding hydrogens is 254 g/mol.